The lowest BCUT2D eigenvalue weighted by Crippen LogP contribution is -2.01. The zero-order valence-electron chi connectivity index (χ0n) is 18.6. The normalized spacial score (nSPS) is 11.1. The molecule has 0 aliphatic rings. The summed E-state index contributed by atoms with van der Waals surface area (Å²) in [6, 6.07) is 0. The van der Waals surface area contributed by atoms with Crippen LogP contribution in [0.2, 0.25) is 0 Å². The van der Waals surface area contributed by atoms with Gasteiger partial charge >= 0.3 is 5.97 Å². The van der Waals surface area contributed by atoms with E-state index < -0.39 is 0 Å². The summed E-state index contributed by atoms with van der Waals surface area (Å²) in [5.74, 6) is 0.581. The van der Waals surface area contributed by atoms with E-state index in [2.05, 4.69) is 20.4 Å². The zero-order valence-corrected chi connectivity index (χ0v) is 18.6. The Bertz CT molecular complexity index is 322. The molecule has 0 fully saturated rings. The highest BCUT2D eigenvalue weighted by molar-refractivity contribution is 5.81. The van der Waals surface area contributed by atoms with Gasteiger partial charge in [0.05, 0.1) is 6.61 Å². The Kier molecular flexibility index (Phi) is 20.9. The van der Waals surface area contributed by atoms with Crippen LogP contribution in [0.25, 0.3) is 0 Å². The quantitative estimate of drug-likeness (QED) is 0.113. The molecule has 0 radical (unpaired) electrons. The molecule has 0 saturated carbocycles. The summed E-state index contributed by atoms with van der Waals surface area (Å²) >= 11 is 0. The van der Waals surface area contributed by atoms with Crippen molar-refractivity contribution in [3.63, 3.8) is 0 Å². The molecule has 2 nitrogen and oxygen atoms in total. The molecule has 0 unspecified atom stereocenters. The van der Waals surface area contributed by atoms with E-state index in [-0.39, 0.29) is 5.97 Å². The first-order chi connectivity index (χ1) is 13.2. The molecule has 0 amide bonds. The van der Waals surface area contributed by atoms with Crippen LogP contribution in [-0.4, -0.2) is 12.6 Å². The zero-order chi connectivity index (χ0) is 20.0. The largest absolute Gasteiger partial charge is 0.463 e. The van der Waals surface area contributed by atoms with Crippen molar-refractivity contribution in [1.29, 1.82) is 0 Å². The van der Waals surface area contributed by atoms with Crippen LogP contribution < -0.4 is 0 Å². The van der Waals surface area contributed by atoms with Crippen LogP contribution in [0.4, 0.5) is 0 Å². The number of hydrogen-bond acceptors (Lipinski definition) is 2. The van der Waals surface area contributed by atoms with Gasteiger partial charge in [-0.25, -0.2) is 4.79 Å². The van der Waals surface area contributed by atoms with Crippen LogP contribution in [-0.2, 0) is 9.53 Å². The molecular weight excluding hydrogens is 332 g/mol. The number of carbonyl (C=O) groups is 1. The topological polar surface area (TPSA) is 26.3 Å². The van der Waals surface area contributed by atoms with E-state index in [0.717, 1.165) is 12.3 Å². The molecule has 0 atom stereocenters. The number of rotatable bonds is 21. The highest BCUT2D eigenvalue weighted by Gasteiger charge is 1.97. The van der Waals surface area contributed by atoms with Crippen molar-refractivity contribution < 1.29 is 9.53 Å². The smallest absolute Gasteiger partial charge is 0.330 e. The Morgan fingerprint density at radius 3 is 1.33 bits per heavy atom. The lowest BCUT2D eigenvalue weighted by Gasteiger charge is -2.05. The van der Waals surface area contributed by atoms with Gasteiger partial charge in [-0.15, -0.1) is 0 Å². The van der Waals surface area contributed by atoms with E-state index in [9.17, 15) is 4.79 Å². The van der Waals surface area contributed by atoms with E-state index in [1.54, 1.807) is 0 Å². The van der Waals surface area contributed by atoms with Gasteiger partial charge in [-0.2, -0.15) is 0 Å². The average molecular weight is 381 g/mol. The van der Waals surface area contributed by atoms with Crippen molar-refractivity contribution in [3.8, 4) is 0 Å². The number of hydrogen-bond donors (Lipinski definition) is 0. The molecule has 0 saturated heterocycles. The Morgan fingerprint density at radius 1 is 0.667 bits per heavy atom. The molecule has 2 heteroatoms. The molecule has 0 aliphatic carbocycles. The minimum atomic E-state index is -0.299. The summed E-state index contributed by atoms with van der Waals surface area (Å²) in [4.78, 5) is 10.9. The first kappa shape index (κ1) is 26.2. The molecule has 0 spiro atoms. The van der Waals surface area contributed by atoms with E-state index in [0.29, 0.717) is 6.61 Å². The molecule has 0 heterocycles. The number of carbonyl (C=O) groups excluding carboxylic acids is 1. The molecule has 0 N–H and O–H groups in total. The monoisotopic (exact) mass is 380 g/mol. The van der Waals surface area contributed by atoms with Crippen molar-refractivity contribution in [1.82, 2.24) is 0 Å². The van der Waals surface area contributed by atoms with Crippen LogP contribution in [0.15, 0.2) is 12.7 Å². The summed E-state index contributed by atoms with van der Waals surface area (Å²) in [7, 11) is 0. The predicted molar refractivity (Wildman–Crippen MR) is 119 cm³/mol. The Hall–Kier alpha value is -0.790. The lowest BCUT2D eigenvalue weighted by molar-refractivity contribution is -0.137. The van der Waals surface area contributed by atoms with Crippen molar-refractivity contribution >= 4 is 5.97 Å². The Balaban J connectivity index is 3.03. The van der Waals surface area contributed by atoms with Gasteiger partial charge in [0.1, 0.15) is 0 Å². The van der Waals surface area contributed by atoms with Crippen molar-refractivity contribution in [2.75, 3.05) is 6.61 Å². The van der Waals surface area contributed by atoms with Gasteiger partial charge in [-0.3, -0.25) is 0 Å². The minimum absolute atomic E-state index is 0.299. The van der Waals surface area contributed by atoms with Gasteiger partial charge in [0.2, 0.25) is 0 Å². The standard InChI is InChI=1S/C25H48O2/c1-4-25(26)27-23-21-19-17-15-13-11-9-7-5-6-8-10-12-14-16-18-20-22-24(2)3/h4,24H,1,5-23H2,2-3H3. The van der Waals surface area contributed by atoms with Crippen LogP contribution in [0.1, 0.15) is 129 Å². The summed E-state index contributed by atoms with van der Waals surface area (Å²) in [5, 5.41) is 0. The van der Waals surface area contributed by atoms with Gasteiger partial charge in [-0.05, 0) is 12.3 Å². The second-order valence-corrected chi connectivity index (χ2v) is 8.56. The second kappa shape index (κ2) is 21.5. The molecule has 0 bridgehead atoms. The summed E-state index contributed by atoms with van der Waals surface area (Å²) < 4.78 is 4.97. The fourth-order valence-electron chi connectivity index (χ4n) is 3.54. The fraction of sp³-hybridized carbons (Fsp3) is 0.880. The predicted octanol–water partition coefficient (Wildman–Crippen LogP) is 8.39. The first-order valence-corrected chi connectivity index (χ1v) is 12.0. The van der Waals surface area contributed by atoms with Gasteiger partial charge < -0.3 is 4.74 Å². The summed E-state index contributed by atoms with van der Waals surface area (Å²) in [5.41, 5.74) is 0. The number of ether oxygens (including phenoxy) is 1. The molecule has 0 aromatic rings. The van der Waals surface area contributed by atoms with Gasteiger partial charge in [0.25, 0.3) is 0 Å². The average Bonchev–Trinajstić information content (AvgIpc) is 2.65. The van der Waals surface area contributed by atoms with Gasteiger partial charge in [0, 0.05) is 6.08 Å². The molecule has 0 aromatic heterocycles. The third kappa shape index (κ3) is 23.2. The molecule has 160 valence electrons. The second-order valence-electron chi connectivity index (χ2n) is 8.56. The van der Waals surface area contributed by atoms with Crippen molar-refractivity contribution in [2.45, 2.75) is 129 Å². The first-order valence-electron chi connectivity index (χ1n) is 12.0. The Labute approximate surface area is 170 Å². The van der Waals surface area contributed by atoms with Crippen molar-refractivity contribution in [3.05, 3.63) is 12.7 Å². The van der Waals surface area contributed by atoms with E-state index in [4.69, 9.17) is 4.74 Å². The molecule has 0 aliphatic heterocycles. The van der Waals surface area contributed by atoms with Gasteiger partial charge in [-0.1, -0.05) is 130 Å². The molecule has 0 aromatic carbocycles. The van der Waals surface area contributed by atoms with Crippen LogP contribution in [0, 0.1) is 5.92 Å². The summed E-state index contributed by atoms with van der Waals surface area (Å²) in [6.45, 7) is 8.59. The fourth-order valence-corrected chi connectivity index (χ4v) is 3.54. The maximum atomic E-state index is 10.9. The highest BCUT2D eigenvalue weighted by atomic mass is 16.5. The maximum absolute atomic E-state index is 10.9. The Morgan fingerprint density at radius 2 is 1.00 bits per heavy atom. The van der Waals surface area contributed by atoms with E-state index in [1.165, 1.54) is 115 Å². The van der Waals surface area contributed by atoms with Gasteiger partial charge in [0.15, 0.2) is 0 Å². The highest BCUT2D eigenvalue weighted by Crippen LogP contribution is 2.15. The van der Waals surface area contributed by atoms with Crippen molar-refractivity contribution in [2.24, 2.45) is 5.92 Å². The third-order valence-electron chi connectivity index (χ3n) is 5.34. The van der Waals surface area contributed by atoms with Crippen LogP contribution in [0.3, 0.4) is 0 Å². The van der Waals surface area contributed by atoms with E-state index in [1.807, 2.05) is 0 Å². The third-order valence-corrected chi connectivity index (χ3v) is 5.34. The van der Waals surface area contributed by atoms with E-state index >= 15 is 0 Å². The number of unbranched alkanes of at least 4 members (excludes halogenated alkanes) is 16. The maximum Gasteiger partial charge on any atom is 0.330 e. The molecule has 0 rings (SSSR count). The lowest BCUT2D eigenvalue weighted by atomic mass is 10.0. The SMILES string of the molecule is C=CC(=O)OCCCCCCCCCCCCCCCCCCCC(C)C. The van der Waals surface area contributed by atoms with Crippen LogP contribution >= 0.6 is 0 Å². The minimum Gasteiger partial charge on any atom is -0.463 e. The molecule has 27 heavy (non-hydrogen) atoms. The summed E-state index contributed by atoms with van der Waals surface area (Å²) in [6.07, 6.45) is 26.0. The molecular formula is C25H48O2. The van der Waals surface area contributed by atoms with Crippen LogP contribution in [0.5, 0.6) is 0 Å². The number of esters is 1.